The van der Waals surface area contributed by atoms with Gasteiger partial charge in [-0.1, -0.05) is 13.0 Å². The average Bonchev–Trinajstić information content (AvgIpc) is 2.45. The van der Waals surface area contributed by atoms with E-state index in [-0.39, 0.29) is 11.7 Å². The fourth-order valence-electron chi connectivity index (χ4n) is 2.68. The zero-order valence-corrected chi connectivity index (χ0v) is 12.4. The molecule has 0 atom stereocenters. The van der Waals surface area contributed by atoms with Crippen LogP contribution in [0.2, 0.25) is 0 Å². The molecule has 110 valence electrons. The van der Waals surface area contributed by atoms with Gasteiger partial charge >= 0.3 is 0 Å². The zero-order valence-electron chi connectivity index (χ0n) is 12.4. The van der Waals surface area contributed by atoms with Crippen molar-refractivity contribution < 1.29 is 9.90 Å². The lowest BCUT2D eigenvalue weighted by Gasteiger charge is -2.32. The van der Waals surface area contributed by atoms with Gasteiger partial charge in [0.1, 0.15) is 5.75 Å². The number of carbonyl (C=O) groups is 1. The molecule has 1 amide bonds. The summed E-state index contributed by atoms with van der Waals surface area (Å²) < 4.78 is 0. The number of amides is 1. The molecule has 20 heavy (non-hydrogen) atoms. The minimum atomic E-state index is -0.0515. The Balaban J connectivity index is 1.94. The van der Waals surface area contributed by atoms with E-state index in [1.807, 2.05) is 17.9 Å². The number of nitrogens with one attached hydrogen (secondary N) is 1. The lowest BCUT2D eigenvalue weighted by atomic mass is 9.96. The fourth-order valence-corrected chi connectivity index (χ4v) is 2.68. The highest BCUT2D eigenvalue weighted by Crippen LogP contribution is 2.23. The van der Waals surface area contributed by atoms with Crippen molar-refractivity contribution in [2.45, 2.75) is 26.7 Å². The number of rotatable bonds is 4. The van der Waals surface area contributed by atoms with Crippen LogP contribution in [0.15, 0.2) is 18.2 Å². The van der Waals surface area contributed by atoms with E-state index in [0.29, 0.717) is 11.5 Å². The maximum absolute atomic E-state index is 12.4. The third-order valence-electron chi connectivity index (χ3n) is 3.97. The highest BCUT2D eigenvalue weighted by Gasteiger charge is 2.24. The van der Waals surface area contributed by atoms with E-state index in [2.05, 4.69) is 12.2 Å². The first-order valence-corrected chi connectivity index (χ1v) is 7.41. The predicted octanol–water partition coefficient (Wildman–Crippen LogP) is 2.16. The van der Waals surface area contributed by atoms with E-state index in [1.54, 1.807) is 12.1 Å². The summed E-state index contributed by atoms with van der Waals surface area (Å²) in [6.45, 7) is 7.61. The second-order valence-corrected chi connectivity index (χ2v) is 5.56. The molecule has 4 nitrogen and oxygen atoms in total. The normalized spacial score (nSPS) is 16.4. The van der Waals surface area contributed by atoms with Crippen LogP contribution in [-0.2, 0) is 0 Å². The van der Waals surface area contributed by atoms with Crippen molar-refractivity contribution >= 4 is 5.91 Å². The second kappa shape index (κ2) is 6.75. The first-order chi connectivity index (χ1) is 9.61. The van der Waals surface area contributed by atoms with Crippen LogP contribution >= 0.6 is 0 Å². The molecule has 1 saturated heterocycles. The molecule has 2 rings (SSSR count). The standard InChI is InChI=1S/C16H24N2O2/c1-3-17-11-13-6-8-18(9-7-13)16(20)14-5-4-12(2)10-15(14)19/h4-5,10,13,17,19H,3,6-9,11H2,1-2H3. The minimum Gasteiger partial charge on any atom is -0.507 e. The molecular weight excluding hydrogens is 252 g/mol. The first-order valence-electron chi connectivity index (χ1n) is 7.41. The Labute approximate surface area is 120 Å². The van der Waals surface area contributed by atoms with Crippen molar-refractivity contribution in [1.29, 1.82) is 0 Å². The molecule has 0 aliphatic carbocycles. The van der Waals surface area contributed by atoms with Crippen LogP contribution in [0.5, 0.6) is 5.75 Å². The molecule has 1 aromatic carbocycles. The van der Waals surface area contributed by atoms with E-state index in [9.17, 15) is 9.90 Å². The predicted molar refractivity (Wildman–Crippen MR) is 80.0 cm³/mol. The van der Waals surface area contributed by atoms with E-state index in [1.165, 1.54) is 0 Å². The number of hydrogen-bond donors (Lipinski definition) is 2. The Morgan fingerprint density at radius 1 is 1.40 bits per heavy atom. The topological polar surface area (TPSA) is 52.6 Å². The fraction of sp³-hybridized carbons (Fsp3) is 0.562. The van der Waals surface area contributed by atoms with Gasteiger partial charge in [-0.3, -0.25) is 4.79 Å². The summed E-state index contributed by atoms with van der Waals surface area (Å²) in [5.74, 6) is 0.694. The monoisotopic (exact) mass is 276 g/mol. The largest absolute Gasteiger partial charge is 0.507 e. The van der Waals surface area contributed by atoms with E-state index in [0.717, 1.165) is 44.6 Å². The Kier molecular flexibility index (Phi) is 5.01. The van der Waals surface area contributed by atoms with Gasteiger partial charge in [0, 0.05) is 13.1 Å². The van der Waals surface area contributed by atoms with Crippen molar-refractivity contribution in [1.82, 2.24) is 10.2 Å². The Hall–Kier alpha value is -1.55. The molecule has 2 N–H and O–H groups in total. The van der Waals surface area contributed by atoms with E-state index < -0.39 is 0 Å². The Morgan fingerprint density at radius 2 is 2.10 bits per heavy atom. The summed E-state index contributed by atoms with van der Waals surface area (Å²) in [6, 6.07) is 5.23. The van der Waals surface area contributed by atoms with Crippen LogP contribution in [0.4, 0.5) is 0 Å². The van der Waals surface area contributed by atoms with Gasteiger partial charge in [-0.15, -0.1) is 0 Å². The lowest BCUT2D eigenvalue weighted by molar-refractivity contribution is 0.0687. The summed E-state index contributed by atoms with van der Waals surface area (Å²) in [5, 5.41) is 13.3. The van der Waals surface area contributed by atoms with Crippen LogP contribution in [0.25, 0.3) is 0 Å². The van der Waals surface area contributed by atoms with Gasteiger partial charge < -0.3 is 15.3 Å². The number of hydrogen-bond acceptors (Lipinski definition) is 3. The summed E-state index contributed by atoms with van der Waals surface area (Å²) in [4.78, 5) is 14.3. The van der Waals surface area contributed by atoms with Crippen LogP contribution in [0.1, 0.15) is 35.7 Å². The van der Waals surface area contributed by atoms with Crippen LogP contribution in [0, 0.1) is 12.8 Å². The van der Waals surface area contributed by atoms with Gasteiger partial charge in [-0.25, -0.2) is 0 Å². The number of carbonyl (C=O) groups excluding carboxylic acids is 1. The molecule has 1 aliphatic heterocycles. The highest BCUT2D eigenvalue weighted by molar-refractivity contribution is 5.96. The quantitative estimate of drug-likeness (QED) is 0.886. The summed E-state index contributed by atoms with van der Waals surface area (Å²) >= 11 is 0. The second-order valence-electron chi connectivity index (χ2n) is 5.56. The molecule has 0 unspecified atom stereocenters. The average molecular weight is 276 g/mol. The molecular formula is C16H24N2O2. The number of nitrogens with zero attached hydrogens (tertiary/aromatic N) is 1. The maximum Gasteiger partial charge on any atom is 0.257 e. The number of aromatic hydroxyl groups is 1. The van der Waals surface area contributed by atoms with Crippen LogP contribution in [0.3, 0.4) is 0 Å². The van der Waals surface area contributed by atoms with E-state index in [4.69, 9.17) is 0 Å². The van der Waals surface area contributed by atoms with Gasteiger partial charge in [0.25, 0.3) is 5.91 Å². The van der Waals surface area contributed by atoms with Gasteiger partial charge in [0.2, 0.25) is 0 Å². The molecule has 1 aromatic rings. The van der Waals surface area contributed by atoms with Crippen molar-refractivity contribution in [3.8, 4) is 5.75 Å². The lowest BCUT2D eigenvalue weighted by Crippen LogP contribution is -2.40. The van der Waals surface area contributed by atoms with Crippen molar-refractivity contribution in [2.75, 3.05) is 26.2 Å². The third-order valence-corrected chi connectivity index (χ3v) is 3.97. The summed E-state index contributed by atoms with van der Waals surface area (Å²) in [6.07, 6.45) is 2.07. The number of phenolic OH excluding ortho intramolecular Hbond substituents is 1. The number of aryl methyl sites for hydroxylation is 1. The Morgan fingerprint density at radius 3 is 2.70 bits per heavy atom. The molecule has 0 saturated carbocycles. The van der Waals surface area contributed by atoms with Crippen LogP contribution < -0.4 is 5.32 Å². The zero-order chi connectivity index (χ0) is 14.5. The number of benzene rings is 1. The van der Waals surface area contributed by atoms with Crippen molar-refractivity contribution in [3.63, 3.8) is 0 Å². The highest BCUT2D eigenvalue weighted by atomic mass is 16.3. The smallest absolute Gasteiger partial charge is 0.257 e. The molecule has 4 heteroatoms. The summed E-state index contributed by atoms with van der Waals surface area (Å²) in [7, 11) is 0. The first kappa shape index (κ1) is 14.9. The molecule has 0 aromatic heterocycles. The SMILES string of the molecule is CCNCC1CCN(C(=O)c2ccc(C)cc2O)CC1. The van der Waals surface area contributed by atoms with Crippen molar-refractivity contribution in [2.24, 2.45) is 5.92 Å². The molecule has 0 spiro atoms. The van der Waals surface area contributed by atoms with Gasteiger partial charge in [-0.05, 0) is 56.5 Å². The molecule has 1 aliphatic rings. The summed E-state index contributed by atoms with van der Waals surface area (Å²) in [5.41, 5.74) is 1.38. The number of piperidine rings is 1. The third kappa shape index (κ3) is 3.51. The molecule has 1 fully saturated rings. The maximum atomic E-state index is 12.4. The molecule has 1 heterocycles. The number of likely N-dealkylation sites (tertiary alicyclic amines) is 1. The minimum absolute atomic E-state index is 0.0515. The molecule has 0 bridgehead atoms. The van der Waals surface area contributed by atoms with Gasteiger partial charge in [-0.2, -0.15) is 0 Å². The van der Waals surface area contributed by atoms with E-state index >= 15 is 0 Å². The number of phenols is 1. The van der Waals surface area contributed by atoms with Crippen molar-refractivity contribution in [3.05, 3.63) is 29.3 Å². The molecule has 0 radical (unpaired) electrons. The Bertz CT molecular complexity index is 466. The van der Waals surface area contributed by atoms with Crippen LogP contribution in [-0.4, -0.2) is 42.1 Å². The van der Waals surface area contributed by atoms with Gasteiger partial charge in [0.05, 0.1) is 5.56 Å². The van der Waals surface area contributed by atoms with Gasteiger partial charge in [0.15, 0.2) is 0 Å².